The van der Waals surface area contributed by atoms with E-state index in [1.165, 1.54) is 6.08 Å². The molecule has 1 aliphatic rings. The number of benzene rings is 3. The van der Waals surface area contributed by atoms with Gasteiger partial charge in [0.25, 0.3) is 11.8 Å². The van der Waals surface area contributed by atoms with Gasteiger partial charge in [-0.2, -0.15) is 0 Å². The lowest BCUT2D eigenvalue weighted by atomic mass is 10.1. The van der Waals surface area contributed by atoms with E-state index >= 15 is 0 Å². The molecular weight excluding hydrogens is 576 g/mol. The Balaban J connectivity index is 1.58. The first-order valence-electron chi connectivity index (χ1n) is 13.1. The van der Waals surface area contributed by atoms with Crippen molar-refractivity contribution >= 4 is 45.5 Å². The number of unbranched alkanes of at least 4 members (excludes halogenated alkanes) is 1. The summed E-state index contributed by atoms with van der Waals surface area (Å²) in [7, 11) is 0. The normalized spacial score (nSPS) is 14.3. The third-order valence-corrected chi connectivity index (χ3v) is 6.70. The highest BCUT2D eigenvalue weighted by Gasteiger charge is 2.37. The molecule has 0 aromatic heterocycles. The Morgan fingerprint density at radius 3 is 2.33 bits per heavy atom. The van der Waals surface area contributed by atoms with Crippen LogP contribution in [0.4, 0.5) is 10.5 Å². The molecule has 208 valence electrons. The second-order valence-corrected chi connectivity index (χ2v) is 10.0. The minimum Gasteiger partial charge on any atom is -0.494 e. The smallest absolute Gasteiger partial charge is 0.335 e. The molecular formula is C31H31BrN2O6. The quantitative estimate of drug-likeness (QED) is 0.150. The second-order valence-electron chi connectivity index (χ2n) is 9.19. The van der Waals surface area contributed by atoms with Crippen LogP contribution in [0.2, 0.25) is 0 Å². The highest BCUT2D eigenvalue weighted by molar-refractivity contribution is 9.10. The number of nitrogens with zero attached hydrogens (tertiary/aromatic N) is 1. The van der Waals surface area contributed by atoms with Gasteiger partial charge < -0.3 is 14.2 Å². The number of halogens is 1. The molecule has 3 aromatic rings. The molecule has 1 heterocycles. The Labute approximate surface area is 242 Å². The summed E-state index contributed by atoms with van der Waals surface area (Å²) in [5.41, 5.74) is 2.81. The van der Waals surface area contributed by atoms with Gasteiger partial charge in [-0.05, 0) is 89.8 Å². The molecule has 1 fully saturated rings. The van der Waals surface area contributed by atoms with Crippen LogP contribution in [-0.4, -0.2) is 31.1 Å². The molecule has 40 heavy (non-hydrogen) atoms. The van der Waals surface area contributed by atoms with E-state index < -0.39 is 17.8 Å². The summed E-state index contributed by atoms with van der Waals surface area (Å²) in [5.74, 6) is 0.0711. The molecule has 0 bridgehead atoms. The van der Waals surface area contributed by atoms with Crippen LogP contribution in [-0.2, 0) is 16.2 Å². The Bertz CT molecular complexity index is 1420. The summed E-state index contributed by atoms with van der Waals surface area (Å²) < 4.78 is 18.1. The minimum atomic E-state index is -0.817. The van der Waals surface area contributed by atoms with E-state index in [0.29, 0.717) is 52.8 Å². The van der Waals surface area contributed by atoms with Crippen LogP contribution in [0.3, 0.4) is 0 Å². The first-order valence-corrected chi connectivity index (χ1v) is 13.9. The van der Waals surface area contributed by atoms with Gasteiger partial charge in [0.15, 0.2) is 11.5 Å². The van der Waals surface area contributed by atoms with E-state index in [1.807, 2.05) is 38.1 Å². The van der Waals surface area contributed by atoms with Crippen LogP contribution >= 0.6 is 15.9 Å². The molecule has 0 unspecified atom stereocenters. The summed E-state index contributed by atoms with van der Waals surface area (Å²) in [5, 5.41) is 2.25. The van der Waals surface area contributed by atoms with Crippen molar-refractivity contribution in [3.8, 4) is 17.2 Å². The zero-order valence-corrected chi connectivity index (χ0v) is 24.2. The van der Waals surface area contributed by atoms with Crippen LogP contribution in [0.1, 0.15) is 43.4 Å². The zero-order chi connectivity index (χ0) is 28.6. The molecule has 0 radical (unpaired) electrons. The molecule has 0 atom stereocenters. The number of rotatable bonds is 11. The Morgan fingerprint density at radius 1 is 0.925 bits per heavy atom. The van der Waals surface area contributed by atoms with Gasteiger partial charge in [-0.1, -0.05) is 43.2 Å². The zero-order valence-electron chi connectivity index (χ0n) is 22.7. The van der Waals surface area contributed by atoms with Crippen LogP contribution in [0.5, 0.6) is 17.2 Å². The average Bonchev–Trinajstić information content (AvgIpc) is 2.92. The van der Waals surface area contributed by atoms with E-state index in [9.17, 15) is 14.4 Å². The molecule has 1 saturated heterocycles. The second kappa shape index (κ2) is 13.3. The lowest BCUT2D eigenvalue weighted by molar-refractivity contribution is -0.122. The molecule has 4 amide bonds. The van der Waals surface area contributed by atoms with Gasteiger partial charge in [0, 0.05) is 0 Å². The summed E-state index contributed by atoms with van der Waals surface area (Å²) in [4.78, 5) is 39.6. The highest BCUT2D eigenvalue weighted by atomic mass is 79.9. The molecule has 3 aromatic carbocycles. The lowest BCUT2D eigenvalue weighted by Gasteiger charge is -2.26. The fraction of sp³-hybridized carbons (Fsp3) is 0.258. The number of hydrogen-bond donors (Lipinski definition) is 1. The molecule has 1 aliphatic heterocycles. The van der Waals surface area contributed by atoms with Crippen LogP contribution < -0.4 is 24.4 Å². The van der Waals surface area contributed by atoms with Crippen molar-refractivity contribution in [3.63, 3.8) is 0 Å². The van der Waals surface area contributed by atoms with Gasteiger partial charge in [-0.15, -0.1) is 0 Å². The first-order chi connectivity index (χ1) is 19.3. The van der Waals surface area contributed by atoms with Crippen molar-refractivity contribution in [1.29, 1.82) is 0 Å². The van der Waals surface area contributed by atoms with Crippen molar-refractivity contribution in [1.82, 2.24) is 5.32 Å². The van der Waals surface area contributed by atoms with Crippen molar-refractivity contribution < 1.29 is 28.6 Å². The average molecular weight is 608 g/mol. The maximum absolute atomic E-state index is 13.4. The van der Waals surface area contributed by atoms with Gasteiger partial charge in [0.05, 0.1) is 23.4 Å². The third-order valence-electron chi connectivity index (χ3n) is 6.11. The predicted molar refractivity (Wildman–Crippen MR) is 157 cm³/mol. The van der Waals surface area contributed by atoms with Gasteiger partial charge in [0.1, 0.15) is 17.9 Å². The van der Waals surface area contributed by atoms with Crippen LogP contribution in [0.15, 0.2) is 70.7 Å². The monoisotopic (exact) mass is 606 g/mol. The van der Waals surface area contributed by atoms with Crippen molar-refractivity contribution in [2.45, 2.75) is 40.2 Å². The number of anilines is 1. The number of amides is 4. The maximum atomic E-state index is 13.4. The SMILES string of the molecule is CCCCOc1ccc(N2C(=O)NC(=O)/C(=C/c3cc(Br)c(OCc4ccc(C)cc4)c(OCC)c3)C2=O)cc1. The van der Waals surface area contributed by atoms with E-state index in [2.05, 4.69) is 28.2 Å². The first kappa shape index (κ1) is 28.9. The largest absolute Gasteiger partial charge is 0.494 e. The summed E-state index contributed by atoms with van der Waals surface area (Å²) in [6.07, 6.45) is 3.36. The van der Waals surface area contributed by atoms with Crippen molar-refractivity contribution in [2.24, 2.45) is 0 Å². The van der Waals surface area contributed by atoms with Gasteiger partial charge in [-0.3, -0.25) is 14.9 Å². The van der Waals surface area contributed by atoms with E-state index in [4.69, 9.17) is 14.2 Å². The van der Waals surface area contributed by atoms with Crippen molar-refractivity contribution in [2.75, 3.05) is 18.1 Å². The number of imide groups is 2. The van der Waals surface area contributed by atoms with Crippen molar-refractivity contribution in [3.05, 3.63) is 87.4 Å². The Morgan fingerprint density at radius 2 is 1.65 bits per heavy atom. The van der Waals surface area contributed by atoms with E-state index in [1.54, 1.807) is 36.4 Å². The topological polar surface area (TPSA) is 94.2 Å². The molecule has 1 N–H and O–H groups in total. The molecule has 0 spiro atoms. The Kier molecular flexibility index (Phi) is 9.60. The maximum Gasteiger partial charge on any atom is 0.335 e. The number of aryl methyl sites for hydroxylation is 1. The summed E-state index contributed by atoms with van der Waals surface area (Å²) in [6.45, 7) is 7.24. The number of nitrogens with one attached hydrogen (secondary N) is 1. The van der Waals surface area contributed by atoms with Gasteiger partial charge in [-0.25, -0.2) is 9.69 Å². The van der Waals surface area contributed by atoms with Gasteiger partial charge >= 0.3 is 6.03 Å². The molecule has 0 saturated carbocycles. The molecule has 8 nitrogen and oxygen atoms in total. The van der Waals surface area contributed by atoms with Crippen LogP contribution in [0, 0.1) is 6.92 Å². The van der Waals surface area contributed by atoms with E-state index in [0.717, 1.165) is 28.9 Å². The van der Waals surface area contributed by atoms with Gasteiger partial charge in [0.2, 0.25) is 0 Å². The molecule has 9 heteroatoms. The number of carbonyl (C=O) groups is 3. The third kappa shape index (κ3) is 6.90. The fourth-order valence-corrected chi connectivity index (χ4v) is 4.57. The minimum absolute atomic E-state index is 0.189. The summed E-state index contributed by atoms with van der Waals surface area (Å²) >= 11 is 3.54. The van der Waals surface area contributed by atoms with E-state index in [-0.39, 0.29) is 5.57 Å². The molecule has 4 rings (SSSR count). The lowest BCUT2D eigenvalue weighted by Crippen LogP contribution is -2.54. The van der Waals surface area contributed by atoms with Crippen LogP contribution in [0.25, 0.3) is 6.08 Å². The predicted octanol–water partition coefficient (Wildman–Crippen LogP) is 6.58. The fourth-order valence-electron chi connectivity index (χ4n) is 4.00. The Hall–Kier alpha value is -4.11. The number of hydrogen-bond acceptors (Lipinski definition) is 6. The number of urea groups is 1. The highest BCUT2D eigenvalue weighted by Crippen LogP contribution is 2.38. The standard InChI is InChI=1S/C31H31BrN2O6/c1-4-6-15-39-24-13-11-23(12-14-24)34-30(36)25(29(35)33-31(34)37)16-22-17-26(32)28(27(18-22)38-5-2)40-19-21-9-7-20(3)8-10-21/h7-14,16-18H,4-6,15,19H2,1-3H3,(H,33,35,37)/b25-16-. The number of barbiturate groups is 1. The molecule has 0 aliphatic carbocycles. The number of ether oxygens (including phenoxy) is 3. The summed E-state index contributed by atoms with van der Waals surface area (Å²) in [6, 6.07) is 17.2. The number of carbonyl (C=O) groups excluding carboxylic acids is 3.